The summed E-state index contributed by atoms with van der Waals surface area (Å²) >= 11 is 0. The van der Waals surface area contributed by atoms with E-state index < -0.39 is 16.0 Å². The molecule has 0 atom stereocenters. The third kappa shape index (κ3) is 4.31. The van der Waals surface area contributed by atoms with Crippen molar-refractivity contribution in [2.24, 2.45) is 0 Å². The number of benzene rings is 3. The van der Waals surface area contributed by atoms with Crippen LogP contribution in [0, 0.1) is 20.8 Å². The van der Waals surface area contributed by atoms with Gasteiger partial charge in [-0.25, -0.2) is 13.2 Å². The number of hydrogen-bond acceptors (Lipinski definition) is 6. The molecule has 0 spiro atoms. The molecule has 0 bridgehead atoms. The van der Waals surface area contributed by atoms with Crippen LogP contribution >= 0.6 is 0 Å². The van der Waals surface area contributed by atoms with Gasteiger partial charge in [0.2, 0.25) is 0 Å². The van der Waals surface area contributed by atoms with Crippen molar-refractivity contribution in [3.63, 3.8) is 0 Å². The molecular formula is C25H25NO6S. The lowest BCUT2D eigenvalue weighted by Crippen LogP contribution is -2.15. The largest absolute Gasteiger partial charge is 0.460 e. The van der Waals surface area contributed by atoms with Crippen molar-refractivity contribution in [2.75, 3.05) is 25.0 Å². The van der Waals surface area contributed by atoms with E-state index in [1.54, 1.807) is 32.0 Å². The number of hydrogen-bond donors (Lipinski definition) is 1. The zero-order chi connectivity index (χ0) is 23.8. The Kier molecular flexibility index (Phi) is 6.14. The smallest absolute Gasteiger partial charge is 0.342 e. The Morgan fingerprint density at radius 2 is 1.70 bits per heavy atom. The maximum Gasteiger partial charge on any atom is 0.342 e. The molecule has 172 valence electrons. The fourth-order valence-corrected chi connectivity index (χ4v) is 5.27. The van der Waals surface area contributed by atoms with E-state index in [9.17, 15) is 13.2 Å². The summed E-state index contributed by atoms with van der Waals surface area (Å²) < 4.78 is 45.4. The summed E-state index contributed by atoms with van der Waals surface area (Å²) in [6.45, 7) is 5.72. The Labute approximate surface area is 192 Å². The average Bonchev–Trinajstić information content (AvgIpc) is 3.09. The van der Waals surface area contributed by atoms with Crippen molar-refractivity contribution in [1.29, 1.82) is 0 Å². The van der Waals surface area contributed by atoms with Crippen LogP contribution in [0.3, 0.4) is 0 Å². The Balaban J connectivity index is 1.87. The molecule has 0 saturated heterocycles. The standard InChI is InChI=1S/C25H25NO6S/c1-15-9-10-22(16(2)13-15)33(28,29)26-21-14-20-23(25(27)31-12-11-30-4)17(3)32-24(20)19-8-6-5-7-18(19)21/h5-10,13-14,26H,11-12H2,1-4H3. The maximum absolute atomic E-state index is 13.3. The van der Waals surface area contributed by atoms with Gasteiger partial charge in [-0.3, -0.25) is 4.72 Å². The highest BCUT2D eigenvalue weighted by atomic mass is 32.2. The number of methoxy groups -OCH3 is 1. The third-order valence-corrected chi connectivity index (χ3v) is 6.99. The first kappa shape index (κ1) is 22.8. The minimum Gasteiger partial charge on any atom is -0.460 e. The monoisotopic (exact) mass is 467 g/mol. The van der Waals surface area contributed by atoms with E-state index in [0.717, 1.165) is 5.56 Å². The Morgan fingerprint density at radius 3 is 2.39 bits per heavy atom. The van der Waals surface area contributed by atoms with Crippen LogP contribution in [0.2, 0.25) is 0 Å². The van der Waals surface area contributed by atoms with Gasteiger partial charge in [-0.15, -0.1) is 0 Å². The number of ether oxygens (including phenoxy) is 2. The van der Waals surface area contributed by atoms with Crippen molar-refractivity contribution in [3.8, 4) is 0 Å². The van der Waals surface area contributed by atoms with Crippen LogP contribution < -0.4 is 4.72 Å². The van der Waals surface area contributed by atoms with Crippen molar-refractivity contribution in [3.05, 3.63) is 71.0 Å². The number of aryl methyl sites for hydroxylation is 3. The SMILES string of the molecule is COCCOC(=O)c1c(C)oc2c1cc(NS(=O)(=O)c1ccc(C)cc1C)c1ccccc12. The highest BCUT2D eigenvalue weighted by molar-refractivity contribution is 7.92. The van der Waals surface area contributed by atoms with Gasteiger partial charge in [0.1, 0.15) is 23.5 Å². The molecule has 1 heterocycles. The predicted octanol–water partition coefficient (Wildman–Crippen LogP) is 5.12. The maximum atomic E-state index is 13.3. The zero-order valence-electron chi connectivity index (χ0n) is 18.9. The molecule has 0 radical (unpaired) electrons. The predicted molar refractivity (Wildman–Crippen MR) is 127 cm³/mol. The van der Waals surface area contributed by atoms with Gasteiger partial charge < -0.3 is 13.9 Å². The molecule has 1 N–H and O–H groups in total. The van der Waals surface area contributed by atoms with E-state index in [2.05, 4.69) is 4.72 Å². The minimum atomic E-state index is -3.88. The molecule has 0 fully saturated rings. The van der Waals surface area contributed by atoms with Crippen LogP contribution in [0.5, 0.6) is 0 Å². The van der Waals surface area contributed by atoms with Gasteiger partial charge in [0, 0.05) is 23.3 Å². The summed E-state index contributed by atoms with van der Waals surface area (Å²) in [4.78, 5) is 13.0. The average molecular weight is 468 g/mol. The van der Waals surface area contributed by atoms with Crippen molar-refractivity contribution >= 4 is 43.4 Å². The van der Waals surface area contributed by atoms with Gasteiger partial charge in [0.15, 0.2) is 0 Å². The topological polar surface area (TPSA) is 94.8 Å². The van der Waals surface area contributed by atoms with Crippen molar-refractivity contribution in [2.45, 2.75) is 25.7 Å². The molecular weight excluding hydrogens is 442 g/mol. The highest BCUT2D eigenvalue weighted by Gasteiger charge is 2.24. The molecule has 4 aromatic rings. The van der Waals surface area contributed by atoms with Crippen LogP contribution in [0.4, 0.5) is 5.69 Å². The molecule has 1 aromatic heterocycles. The normalized spacial score (nSPS) is 11.8. The lowest BCUT2D eigenvalue weighted by atomic mass is 10.0. The molecule has 0 unspecified atom stereocenters. The van der Waals surface area contributed by atoms with Gasteiger partial charge in [0.25, 0.3) is 10.0 Å². The van der Waals surface area contributed by atoms with Crippen LogP contribution in [0.15, 0.2) is 57.8 Å². The van der Waals surface area contributed by atoms with Crippen LogP contribution in [0.1, 0.15) is 27.2 Å². The first-order valence-corrected chi connectivity index (χ1v) is 11.9. The molecule has 33 heavy (non-hydrogen) atoms. The minimum absolute atomic E-state index is 0.0984. The first-order valence-electron chi connectivity index (χ1n) is 10.4. The zero-order valence-corrected chi connectivity index (χ0v) is 19.7. The number of anilines is 1. The second-order valence-electron chi connectivity index (χ2n) is 7.88. The molecule has 0 aliphatic carbocycles. The molecule has 8 heteroatoms. The van der Waals surface area contributed by atoms with E-state index >= 15 is 0 Å². The summed E-state index contributed by atoms with van der Waals surface area (Å²) in [5, 5.41) is 1.82. The number of fused-ring (bicyclic) bond motifs is 3. The fourth-order valence-electron chi connectivity index (χ4n) is 3.97. The number of carbonyl (C=O) groups excluding carboxylic acids is 1. The fraction of sp³-hybridized carbons (Fsp3) is 0.240. The van der Waals surface area contributed by atoms with Crippen LogP contribution in [0.25, 0.3) is 21.7 Å². The van der Waals surface area contributed by atoms with E-state index in [4.69, 9.17) is 13.9 Å². The molecule has 0 aliphatic heterocycles. The van der Waals surface area contributed by atoms with Gasteiger partial charge in [-0.2, -0.15) is 0 Å². The van der Waals surface area contributed by atoms with E-state index in [1.807, 2.05) is 37.3 Å². The molecule has 0 saturated carbocycles. The van der Waals surface area contributed by atoms with E-state index in [0.29, 0.717) is 38.8 Å². The van der Waals surface area contributed by atoms with Gasteiger partial charge >= 0.3 is 5.97 Å². The number of carbonyl (C=O) groups is 1. The summed E-state index contributed by atoms with van der Waals surface area (Å²) in [5.41, 5.74) is 2.73. The summed E-state index contributed by atoms with van der Waals surface area (Å²) in [6.07, 6.45) is 0. The van der Waals surface area contributed by atoms with E-state index in [1.165, 1.54) is 7.11 Å². The van der Waals surface area contributed by atoms with Crippen LogP contribution in [-0.2, 0) is 19.5 Å². The van der Waals surface area contributed by atoms with Crippen LogP contribution in [-0.4, -0.2) is 34.7 Å². The number of nitrogens with one attached hydrogen (secondary N) is 1. The summed E-state index contributed by atoms with van der Waals surface area (Å²) in [7, 11) is -2.36. The third-order valence-electron chi connectivity index (χ3n) is 5.46. The Hall–Kier alpha value is -3.36. The highest BCUT2D eigenvalue weighted by Crippen LogP contribution is 2.37. The second kappa shape index (κ2) is 8.88. The van der Waals surface area contributed by atoms with Gasteiger partial charge in [-0.05, 0) is 38.5 Å². The number of furan rings is 1. The van der Waals surface area contributed by atoms with Crippen molar-refractivity contribution < 1.29 is 27.1 Å². The molecule has 0 aliphatic rings. The lowest BCUT2D eigenvalue weighted by molar-refractivity contribution is 0.0388. The Bertz CT molecular complexity index is 1470. The van der Waals surface area contributed by atoms with Gasteiger partial charge in [0.05, 0.1) is 17.2 Å². The second-order valence-corrected chi connectivity index (χ2v) is 9.53. The number of rotatable bonds is 7. The number of esters is 1. The number of sulfonamides is 1. The van der Waals surface area contributed by atoms with E-state index in [-0.39, 0.29) is 23.7 Å². The molecule has 4 rings (SSSR count). The molecule has 3 aromatic carbocycles. The quantitative estimate of drug-likeness (QED) is 0.300. The van der Waals surface area contributed by atoms with Crippen molar-refractivity contribution in [1.82, 2.24) is 0 Å². The Morgan fingerprint density at radius 1 is 0.970 bits per heavy atom. The van der Waals surface area contributed by atoms with Gasteiger partial charge in [-0.1, -0.05) is 42.0 Å². The molecule has 7 nitrogen and oxygen atoms in total. The summed E-state index contributed by atoms with van der Waals surface area (Å²) in [5.74, 6) is -0.159. The lowest BCUT2D eigenvalue weighted by Gasteiger charge is -2.13. The molecule has 0 amide bonds. The summed E-state index contributed by atoms with van der Waals surface area (Å²) in [6, 6.07) is 14.1. The first-order chi connectivity index (χ1) is 15.7.